The van der Waals surface area contributed by atoms with Gasteiger partial charge in [-0.25, -0.2) is 0 Å². The van der Waals surface area contributed by atoms with Crippen molar-refractivity contribution in [3.8, 4) is 0 Å². The van der Waals surface area contributed by atoms with Crippen molar-refractivity contribution in [2.75, 3.05) is 32.8 Å². The van der Waals surface area contributed by atoms with Gasteiger partial charge in [0.15, 0.2) is 6.29 Å². The number of amides is 2. The molecule has 23 heavy (non-hydrogen) atoms. The van der Waals surface area contributed by atoms with Gasteiger partial charge in [-0.15, -0.1) is 0 Å². The molecular weight excluding hydrogens is 296 g/mol. The van der Waals surface area contributed by atoms with E-state index in [4.69, 9.17) is 9.47 Å². The van der Waals surface area contributed by atoms with Crippen molar-refractivity contribution in [2.24, 2.45) is 0 Å². The van der Waals surface area contributed by atoms with E-state index in [1.165, 1.54) is 0 Å². The van der Waals surface area contributed by atoms with Gasteiger partial charge >= 0.3 is 0 Å². The Morgan fingerprint density at radius 3 is 2.57 bits per heavy atom. The van der Waals surface area contributed by atoms with E-state index in [2.05, 4.69) is 0 Å². The normalized spacial score (nSPS) is 27.8. The fraction of sp³-hybridized carbons (Fsp3) is 0.882. The second-order valence-corrected chi connectivity index (χ2v) is 6.74. The Bertz CT molecular complexity index is 423. The van der Waals surface area contributed by atoms with Gasteiger partial charge in [-0.1, -0.05) is 12.8 Å². The summed E-state index contributed by atoms with van der Waals surface area (Å²) < 4.78 is 11.2. The van der Waals surface area contributed by atoms with E-state index < -0.39 is 0 Å². The Morgan fingerprint density at radius 1 is 1.00 bits per heavy atom. The summed E-state index contributed by atoms with van der Waals surface area (Å²) in [5, 5.41) is 0. The summed E-state index contributed by atoms with van der Waals surface area (Å²) in [6, 6.07) is 0.00334. The van der Waals surface area contributed by atoms with E-state index in [1.54, 1.807) is 4.90 Å². The molecule has 6 nitrogen and oxygen atoms in total. The van der Waals surface area contributed by atoms with Crippen LogP contribution in [0.2, 0.25) is 0 Å². The zero-order valence-electron chi connectivity index (χ0n) is 13.9. The molecule has 6 heteroatoms. The third-order valence-electron chi connectivity index (χ3n) is 5.08. The van der Waals surface area contributed by atoms with Crippen molar-refractivity contribution in [3.05, 3.63) is 0 Å². The largest absolute Gasteiger partial charge is 0.348 e. The van der Waals surface area contributed by atoms with E-state index in [-0.39, 0.29) is 30.7 Å². The second kappa shape index (κ2) is 8.11. The minimum Gasteiger partial charge on any atom is -0.348 e. The number of piperidine rings is 1. The van der Waals surface area contributed by atoms with Crippen LogP contribution in [0, 0.1) is 0 Å². The Labute approximate surface area is 138 Å². The molecule has 3 saturated heterocycles. The van der Waals surface area contributed by atoms with Gasteiger partial charge in [0, 0.05) is 19.5 Å². The van der Waals surface area contributed by atoms with Crippen LogP contribution < -0.4 is 0 Å². The van der Waals surface area contributed by atoms with Crippen LogP contribution in [0.5, 0.6) is 0 Å². The number of hydrogen-bond donors (Lipinski definition) is 0. The SMILES string of the molecule is O=C1CCCCCCN1CC(=O)N1CCCCC1C1OCCO1. The molecule has 3 aliphatic heterocycles. The van der Waals surface area contributed by atoms with Crippen LogP contribution in [0.1, 0.15) is 51.4 Å². The molecule has 0 spiro atoms. The third-order valence-corrected chi connectivity index (χ3v) is 5.08. The van der Waals surface area contributed by atoms with Crippen LogP contribution in [-0.2, 0) is 19.1 Å². The predicted octanol–water partition coefficient (Wildman–Crippen LogP) is 1.53. The van der Waals surface area contributed by atoms with Crippen LogP contribution in [0.25, 0.3) is 0 Å². The van der Waals surface area contributed by atoms with Gasteiger partial charge in [-0.3, -0.25) is 9.59 Å². The van der Waals surface area contributed by atoms with Gasteiger partial charge in [-0.05, 0) is 32.1 Å². The minimum absolute atomic E-state index is 0.00334. The molecule has 3 aliphatic rings. The molecule has 3 fully saturated rings. The number of rotatable bonds is 3. The van der Waals surface area contributed by atoms with Crippen molar-refractivity contribution in [2.45, 2.75) is 63.7 Å². The van der Waals surface area contributed by atoms with Gasteiger partial charge in [0.25, 0.3) is 0 Å². The van der Waals surface area contributed by atoms with Crippen molar-refractivity contribution in [1.82, 2.24) is 9.80 Å². The van der Waals surface area contributed by atoms with Crippen LogP contribution in [-0.4, -0.2) is 66.8 Å². The number of hydrogen-bond acceptors (Lipinski definition) is 4. The molecule has 1 unspecified atom stereocenters. The summed E-state index contributed by atoms with van der Waals surface area (Å²) in [6.45, 7) is 2.87. The third kappa shape index (κ3) is 4.23. The molecule has 0 aromatic rings. The molecule has 0 aliphatic carbocycles. The lowest BCUT2D eigenvalue weighted by molar-refractivity contribution is -0.154. The summed E-state index contributed by atoms with van der Waals surface area (Å²) in [5.74, 6) is 0.169. The number of ether oxygens (including phenoxy) is 2. The molecule has 2 amide bonds. The van der Waals surface area contributed by atoms with Crippen molar-refractivity contribution in [3.63, 3.8) is 0 Å². The standard InChI is InChI=1S/C17H28N2O4/c20-15-8-3-1-2-5-9-18(15)13-16(21)19-10-6-4-7-14(19)17-22-11-12-23-17/h14,17H,1-13H2. The fourth-order valence-corrected chi connectivity index (χ4v) is 3.79. The summed E-state index contributed by atoms with van der Waals surface area (Å²) >= 11 is 0. The van der Waals surface area contributed by atoms with Gasteiger partial charge in [0.1, 0.15) is 0 Å². The Hall–Kier alpha value is -1.14. The number of likely N-dealkylation sites (tertiary alicyclic amines) is 2. The zero-order valence-corrected chi connectivity index (χ0v) is 13.9. The topological polar surface area (TPSA) is 59.1 Å². The quantitative estimate of drug-likeness (QED) is 0.790. The van der Waals surface area contributed by atoms with E-state index in [0.717, 1.165) is 51.5 Å². The van der Waals surface area contributed by atoms with Crippen molar-refractivity contribution < 1.29 is 19.1 Å². The highest BCUT2D eigenvalue weighted by Crippen LogP contribution is 2.25. The van der Waals surface area contributed by atoms with Gasteiger partial charge in [0.05, 0.1) is 25.8 Å². The lowest BCUT2D eigenvalue weighted by Gasteiger charge is -2.39. The average Bonchev–Trinajstić information content (AvgIpc) is 3.09. The van der Waals surface area contributed by atoms with Crippen molar-refractivity contribution >= 4 is 11.8 Å². The Morgan fingerprint density at radius 2 is 1.74 bits per heavy atom. The van der Waals surface area contributed by atoms with Crippen LogP contribution >= 0.6 is 0 Å². The van der Waals surface area contributed by atoms with Crippen LogP contribution in [0.3, 0.4) is 0 Å². The molecule has 1 atom stereocenters. The Kier molecular flexibility index (Phi) is 5.89. The lowest BCUT2D eigenvalue weighted by Crippen LogP contribution is -2.53. The van der Waals surface area contributed by atoms with Crippen molar-refractivity contribution in [1.29, 1.82) is 0 Å². The number of nitrogens with zero attached hydrogens (tertiary/aromatic N) is 2. The second-order valence-electron chi connectivity index (χ2n) is 6.74. The summed E-state index contributed by atoms with van der Waals surface area (Å²) in [5.41, 5.74) is 0. The maximum absolute atomic E-state index is 12.8. The number of carbonyl (C=O) groups excluding carboxylic acids is 2. The highest BCUT2D eigenvalue weighted by molar-refractivity contribution is 5.85. The molecule has 0 radical (unpaired) electrons. The van der Waals surface area contributed by atoms with Gasteiger partial charge < -0.3 is 19.3 Å². The first kappa shape index (κ1) is 16.7. The van der Waals surface area contributed by atoms with E-state index >= 15 is 0 Å². The molecule has 0 aromatic carbocycles. The highest BCUT2D eigenvalue weighted by Gasteiger charge is 2.36. The molecule has 3 rings (SSSR count). The summed E-state index contributed by atoms with van der Waals surface area (Å²) in [7, 11) is 0. The molecule has 130 valence electrons. The van der Waals surface area contributed by atoms with Gasteiger partial charge in [-0.2, -0.15) is 0 Å². The van der Waals surface area contributed by atoms with E-state index in [1.807, 2.05) is 4.90 Å². The molecule has 0 bridgehead atoms. The van der Waals surface area contributed by atoms with E-state index in [9.17, 15) is 9.59 Å². The molecular formula is C17H28N2O4. The first-order chi connectivity index (χ1) is 11.3. The maximum atomic E-state index is 12.8. The molecule has 0 N–H and O–H groups in total. The predicted molar refractivity (Wildman–Crippen MR) is 84.7 cm³/mol. The maximum Gasteiger partial charge on any atom is 0.242 e. The monoisotopic (exact) mass is 324 g/mol. The summed E-state index contributed by atoms with van der Waals surface area (Å²) in [6.07, 6.45) is 7.53. The first-order valence-electron chi connectivity index (χ1n) is 9.06. The fourth-order valence-electron chi connectivity index (χ4n) is 3.79. The zero-order chi connectivity index (χ0) is 16.1. The smallest absolute Gasteiger partial charge is 0.242 e. The lowest BCUT2D eigenvalue weighted by atomic mass is 10.0. The molecule has 3 heterocycles. The molecule has 0 aromatic heterocycles. The average molecular weight is 324 g/mol. The highest BCUT2D eigenvalue weighted by atomic mass is 16.7. The Balaban J connectivity index is 1.61. The first-order valence-corrected chi connectivity index (χ1v) is 9.06. The summed E-state index contributed by atoms with van der Waals surface area (Å²) in [4.78, 5) is 28.7. The number of carbonyl (C=O) groups is 2. The van der Waals surface area contributed by atoms with E-state index in [0.29, 0.717) is 26.2 Å². The molecule has 0 saturated carbocycles. The minimum atomic E-state index is -0.290. The van der Waals surface area contributed by atoms with Crippen LogP contribution in [0.15, 0.2) is 0 Å². The van der Waals surface area contributed by atoms with Gasteiger partial charge in [0.2, 0.25) is 11.8 Å². The van der Waals surface area contributed by atoms with Crippen LogP contribution in [0.4, 0.5) is 0 Å².